The van der Waals surface area contributed by atoms with Gasteiger partial charge < -0.3 is 5.11 Å². The van der Waals surface area contributed by atoms with Crippen LogP contribution in [0.4, 0.5) is 0 Å². The number of rotatable bonds is 4. The average Bonchev–Trinajstić information content (AvgIpc) is 2.60. The first-order valence-electron chi connectivity index (χ1n) is 5.33. The van der Waals surface area contributed by atoms with Gasteiger partial charge in [-0.2, -0.15) is 0 Å². The molecule has 0 saturated heterocycles. The highest BCUT2D eigenvalue weighted by Gasteiger charge is 2.12. The smallest absolute Gasteiger partial charge is 0.172 e. The molecule has 0 aliphatic heterocycles. The second-order valence-electron chi connectivity index (χ2n) is 4.45. The molecule has 2 aromatic rings. The van der Waals surface area contributed by atoms with E-state index in [4.69, 9.17) is 0 Å². The average molecular weight is 236 g/mol. The van der Waals surface area contributed by atoms with Crippen LogP contribution in [0.25, 0.3) is 5.52 Å². The predicted octanol–water partition coefficient (Wildman–Crippen LogP) is 2.59. The van der Waals surface area contributed by atoms with Gasteiger partial charge in [0, 0.05) is 11.9 Å². The van der Waals surface area contributed by atoms with Gasteiger partial charge in [0.25, 0.3) is 0 Å². The van der Waals surface area contributed by atoms with Crippen LogP contribution in [0.3, 0.4) is 0 Å². The molecular weight excluding hydrogens is 220 g/mol. The van der Waals surface area contributed by atoms with Crippen LogP contribution in [-0.4, -0.2) is 25.8 Å². The van der Waals surface area contributed by atoms with E-state index < -0.39 is 5.60 Å². The van der Waals surface area contributed by atoms with Gasteiger partial charge in [-0.15, -0.1) is 0 Å². The molecule has 0 radical (unpaired) electrons. The molecule has 0 aliphatic rings. The number of fused-ring (bicyclic) bond motifs is 1. The fraction of sp³-hybridized carbons (Fsp3) is 0.417. The third-order valence-corrected chi connectivity index (χ3v) is 3.32. The van der Waals surface area contributed by atoms with E-state index in [0.717, 1.165) is 22.8 Å². The summed E-state index contributed by atoms with van der Waals surface area (Å²) >= 11 is 1.68. The number of nitrogens with zero attached hydrogens (tertiary/aromatic N) is 2. The molecule has 2 heterocycles. The molecule has 0 aromatic carbocycles. The Morgan fingerprint density at radius 3 is 3.00 bits per heavy atom. The molecule has 2 aromatic heterocycles. The third kappa shape index (κ3) is 2.77. The lowest BCUT2D eigenvalue weighted by Gasteiger charge is -2.15. The van der Waals surface area contributed by atoms with E-state index in [9.17, 15) is 5.11 Å². The van der Waals surface area contributed by atoms with Crippen molar-refractivity contribution in [3.05, 3.63) is 30.6 Å². The first kappa shape index (κ1) is 11.5. The fourth-order valence-corrected chi connectivity index (χ4v) is 2.63. The largest absolute Gasteiger partial charge is 0.390 e. The van der Waals surface area contributed by atoms with Crippen molar-refractivity contribution in [2.75, 3.05) is 5.75 Å². The Morgan fingerprint density at radius 1 is 1.44 bits per heavy atom. The molecule has 0 amide bonds. The van der Waals surface area contributed by atoms with Crippen molar-refractivity contribution in [2.45, 2.75) is 31.0 Å². The maximum absolute atomic E-state index is 9.62. The van der Waals surface area contributed by atoms with Crippen molar-refractivity contribution in [2.24, 2.45) is 0 Å². The summed E-state index contributed by atoms with van der Waals surface area (Å²) in [6, 6.07) is 6.03. The van der Waals surface area contributed by atoms with Gasteiger partial charge >= 0.3 is 0 Å². The van der Waals surface area contributed by atoms with Gasteiger partial charge in [-0.05, 0) is 32.4 Å². The molecule has 16 heavy (non-hydrogen) atoms. The standard InChI is InChI=1S/C12H16N2OS/c1-12(2,15)6-8-16-11-13-9-10-5-3-4-7-14(10)11/h3-5,7,9,15H,6,8H2,1-2H3. The summed E-state index contributed by atoms with van der Waals surface area (Å²) in [5.41, 5.74) is 0.508. The van der Waals surface area contributed by atoms with Gasteiger partial charge in [0.2, 0.25) is 0 Å². The van der Waals surface area contributed by atoms with Crippen LogP contribution in [0.15, 0.2) is 35.7 Å². The monoisotopic (exact) mass is 236 g/mol. The summed E-state index contributed by atoms with van der Waals surface area (Å²) in [5.74, 6) is 0.873. The Kier molecular flexibility index (Phi) is 3.21. The second kappa shape index (κ2) is 4.47. The molecule has 4 heteroatoms. The second-order valence-corrected chi connectivity index (χ2v) is 5.51. The van der Waals surface area contributed by atoms with Gasteiger partial charge in [0.05, 0.1) is 17.3 Å². The van der Waals surface area contributed by atoms with Gasteiger partial charge in [0.15, 0.2) is 5.16 Å². The Labute approximate surface area is 99.5 Å². The number of pyridine rings is 1. The van der Waals surface area contributed by atoms with Gasteiger partial charge in [-0.1, -0.05) is 17.8 Å². The van der Waals surface area contributed by atoms with Crippen LogP contribution < -0.4 is 0 Å². The maximum atomic E-state index is 9.62. The van der Waals surface area contributed by atoms with Crippen LogP contribution in [0.2, 0.25) is 0 Å². The quantitative estimate of drug-likeness (QED) is 0.829. The Morgan fingerprint density at radius 2 is 2.25 bits per heavy atom. The van der Waals surface area contributed by atoms with Crippen LogP contribution in [0.5, 0.6) is 0 Å². The van der Waals surface area contributed by atoms with Crippen LogP contribution in [0.1, 0.15) is 20.3 Å². The first-order valence-corrected chi connectivity index (χ1v) is 6.32. The van der Waals surface area contributed by atoms with Crippen molar-refractivity contribution in [1.82, 2.24) is 9.38 Å². The van der Waals surface area contributed by atoms with Crippen molar-refractivity contribution in [3.63, 3.8) is 0 Å². The van der Waals surface area contributed by atoms with E-state index in [1.807, 2.05) is 44.4 Å². The zero-order valence-corrected chi connectivity index (χ0v) is 10.4. The Balaban J connectivity index is 2.05. The Bertz CT molecular complexity index is 473. The molecule has 0 unspecified atom stereocenters. The topological polar surface area (TPSA) is 37.5 Å². The van der Waals surface area contributed by atoms with E-state index >= 15 is 0 Å². The summed E-state index contributed by atoms with van der Waals surface area (Å²) in [4.78, 5) is 4.36. The third-order valence-electron chi connectivity index (χ3n) is 2.35. The highest BCUT2D eigenvalue weighted by molar-refractivity contribution is 7.99. The molecule has 0 saturated carbocycles. The lowest BCUT2D eigenvalue weighted by atomic mass is 10.1. The van der Waals surface area contributed by atoms with Gasteiger partial charge in [-0.3, -0.25) is 4.40 Å². The zero-order chi connectivity index (χ0) is 11.6. The van der Waals surface area contributed by atoms with E-state index in [1.165, 1.54) is 0 Å². The Hall–Kier alpha value is -1.00. The van der Waals surface area contributed by atoms with E-state index in [1.54, 1.807) is 11.8 Å². The van der Waals surface area contributed by atoms with E-state index in [2.05, 4.69) is 9.38 Å². The highest BCUT2D eigenvalue weighted by atomic mass is 32.2. The lowest BCUT2D eigenvalue weighted by Crippen LogP contribution is -2.19. The minimum absolute atomic E-state index is 0.597. The van der Waals surface area contributed by atoms with Gasteiger partial charge in [0.1, 0.15) is 0 Å². The minimum atomic E-state index is -0.597. The minimum Gasteiger partial charge on any atom is -0.390 e. The number of imidazole rings is 1. The highest BCUT2D eigenvalue weighted by Crippen LogP contribution is 2.21. The summed E-state index contributed by atoms with van der Waals surface area (Å²) in [6.45, 7) is 3.66. The molecule has 0 bridgehead atoms. The zero-order valence-electron chi connectivity index (χ0n) is 9.55. The van der Waals surface area contributed by atoms with E-state index in [-0.39, 0.29) is 0 Å². The number of hydrogen-bond donors (Lipinski definition) is 1. The number of aromatic nitrogens is 2. The number of hydrogen-bond acceptors (Lipinski definition) is 3. The fourth-order valence-electron chi connectivity index (χ4n) is 1.42. The number of aliphatic hydroxyl groups is 1. The molecule has 1 N–H and O–H groups in total. The van der Waals surface area contributed by atoms with Crippen LogP contribution in [0, 0.1) is 0 Å². The van der Waals surface area contributed by atoms with Crippen molar-refractivity contribution in [1.29, 1.82) is 0 Å². The predicted molar refractivity (Wildman–Crippen MR) is 66.8 cm³/mol. The molecule has 0 aliphatic carbocycles. The summed E-state index contributed by atoms with van der Waals surface area (Å²) in [5, 5.41) is 10.6. The van der Waals surface area contributed by atoms with Crippen LogP contribution >= 0.6 is 11.8 Å². The molecular formula is C12H16N2OS. The summed E-state index contributed by atoms with van der Waals surface area (Å²) in [6.07, 6.45) is 4.64. The van der Waals surface area contributed by atoms with Gasteiger partial charge in [-0.25, -0.2) is 4.98 Å². The summed E-state index contributed by atoms with van der Waals surface area (Å²) in [7, 11) is 0. The normalized spacial score (nSPS) is 12.2. The van der Waals surface area contributed by atoms with Crippen molar-refractivity contribution >= 4 is 17.3 Å². The first-order chi connectivity index (χ1) is 7.56. The molecule has 2 rings (SSSR count). The summed E-state index contributed by atoms with van der Waals surface area (Å²) < 4.78 is 2.06. The molecule has 86 valence electrons. The maximum Gasteiger partial charge on any atom is 0.172 e. The molecule has 0 fully saturated rings. The lowest BCUT2D eigenvalue weighted by molar-refractivity contribution is 0.0777. The SMILES string of the molecule is CC(C)(O)CCSc1ncc2ccccn12. The van der Waals surface area contributed by atoms with Crippen LogP contribution in [-0.2, 0) is 0 Å². The number of thioether (sulfide) groups is 1. The molecule has 0 spiro atoms. The van der Waals surface area contributed by atoms with E-state index in [0.29, 0.717) is 0 Å². The molecule has 3 nitrogen and oxygen atoms in total. The van der Waals surface area contributed by atoms with Crippen molar-refractivity contribution < 1.29 is 5.11 Å². The molecule has 0 atom stereocenters. The van der Waals surface area contributed by atoms with Crippen molar-refractivity contribution in [3.8, 4) is 0 Å².